The van der Waals surface area contributed by atoms with Crippen LogP contribution in [0.1, 0.15) is 6.42 Å². The van der Waals surface area contributed by atoms with Crippen LogP contribution in [-0.4, -0.2) is 31.7 Å². The highest BCUT2D eigenvalue weighted by molar-refractivity contribution is 5.98. The molecule has 0 aliphatic heterocycles. The number of hydrogen-bond acceptors (Lipinski definition) is 4. The number of nitrogens with zero attached hydrogens (tertiary/aromatic N) is 3. The number of carboxylic acids is 1. The van der Waals surface area contributed by atoms with E-state index >= 15 is 0 Å². The quantitative estimate of drug-likeness (QED) is 0.878. The van der Waals surface area contributed by atoms with Crippen molar-refractivity contribution in [2.45, 2.75) is 6.42 Å². The Bertz CT molecular complexity index is 692. The van der Waals surface area contributed by atoms with Crippen LogP contribution in [0.5, 0.6) is 0 Å². The Morgan fingerprint density at radius 2 is 2.00 bits per heavy atom. The summed E-state index contributed by atoms with van der Waals surface area (Å²) >= 11 is 0. The minimum Gasteiger partial charge on any atom is -0.481 e. The topological polar surface area (TPSA) is 97.1 Å². The number of aliphatic carboxylic acids is 1. The first-order valence-electron chi connectivity index (χ1n) is 6.54. The summed E-state index contributed by atoms with van der Waals surface area (Å²) in [5.74, 6) is -1.37. The Labute approximate surface area is 120 Å². The van der Waals surface area contributed by atoms with Crippen LogP contribution < -0.4 is 5.32 Å². The molecule has 108 valence electrons. The summed E-state index contributed by atoms with van der Waals surface area (Å²) in [5, 5.41) is 19.4. The van der Waals surface area contributed by atoms with Crippen LogP contribution >= 0.6 is 0 Å². The first-order chi connectivity index (χ1) is 10.1. The first kappa shape index (κ1) is 13.3. The lowest BCUT2D eigenvalue weighted by Gasteiger charge is -2.06. The number of rotatable bonds is 4. The van der Waals surface area contributed by atoms with Gasteiger partial charge in [-0.3, -0.25) is 9.59 Å². The van der Waals surface area contributed by atoms with Crippen molar-refractivity contribution in [2.75, 3.05) is 5.32 Å². The van der Waals surface area contributed by atoms with Gasteiger partial charge in [0.05, 0.1) is 11.8 Å². The van der Waals surface area contributed by atoms with Gasteiger partial charge < -0.3 is 15.0 Å². The van der Waals surface area contributed by atoms with Crippen LogP contribution in [0.4, 0.5) is 5.69 Å². The van der Waals surface area contributed by atoms with E-state index < -0.39 is 17.8 Å². The van der Waals surface area contributed by atoms with E-state index in [9.17, 15) is 9.59 Å². The summed E-state index contributed by atoms with van der Waals surface area (Å²) in [6.45, 7) is 0. The zero-order valence-corrected chi connectivity index (χ0v) is 11.4. The second-order valence-electron chi connectivity index (χ2n) is 5.12. The largest absolute Gasteiger partial charge is 0.481 e. The van der Waals surface area contributed by atoms with E-state index in [0.29, 0.717) is 12.1 Å². The van der Waals surface area contributed by atoms with E-state index in [1.807, 2.05) is 19.2 Å². The Hall–Kier alpha value is -2.70. The predicted molar refractivity (Wildman–Crippen MR) is 74.3 cm³/mol. The molecule has 1 aromatic heterocycles. The van der Waals surface area contributed by atoms with Crippen molar-refractivity contribution in [1.29, 1.82) is 0 Å². The van der Waals surface area contributed by atoms with E-state index in [2.05, 4.69) is 15.5 Å². The normalized spacial score (nSPS) is 20.0. The third-order valence-corrected chi connectivity index (χ3v) is 3.57. The van der Waals surface area contributed by atoms with Crippen LogP contribution in [0, 0.1) is 11.8 Å². The molecule has 1 aliphatic carbocycles. The molecule has 0 radical (unpaired) electrons. The molecule has 0 unspecified atom stereocenters. The molecule has 0 spiro atoms. The maximum Gasteiger partial charge on any atom is 0.307 e. The second-order valence-corrected chi connectivity index (χ2v) is 5.12. The summed E-state index contributed by atoms with van der Waals surface area (Å²) < 4.78 is 1.80. The van der Waals surface area contributed by atoms with Gasteiger partial charge in [0, 0.05) is 18.3 Å². The highest BCUT2D eigenvalue weighted by Crippen LogP contribution is 2.39. The Morgan fingerprint density at radius 1 is 1.29 bits per heavy atom. The fourth-order valence-electron chi connectivity index (χ4n) is 2.24. The van der Waals surface area contributed by atoms with Gasteiger partial charge in [-0.15, -0.1) is 10.2 Å². The minimum atomic E-state index is -0.909. The van der Waals surface area contributed by atoms with Crippen molar-refractivity contribution < 1.29 is 14.7 Å². The highest BCUT2D eigenvalue weighted by atomic mass is 16.4. The molecule has 1 saturated carbocycles. The number of carboxylic acid groups (broad SMARTS) is 1. The zero-order valence-electron chi connectivity index (χ0n) is 11.4. The van der Waals surface area contributed by atoms with Gasteiger partial charge in [0.15, 0.2) is 5.82 Å². The molecule has 0 saturated heterocycles. The molecule has 1 fully saturated rings. The van der Waals surface area contributed by atoms with Gasteiger partial charge in [-0.05, 0) is 30.7 Å². The summed E-state index contributed by atoms with van der Waals surface area (Å²) in [5.41, 5.74) is 1.53. The third kappa shape index (κ3) is 2.62. The fourth-order valence-corrected chi connectivity index (χ4v) is 2.24. The van der Waals surface area contributed by atoms with Gasteiger partial charge in [0.2, 0.25) is 5.91 Å². The average Bonchev–Trinajstić information content (AvgIpc) is 3.16. The van der Waals surface area contributed by atoms with Crippen LogP contribution in [-0.2, 0) is 16.6 Å². The number of nitrogens with one attached hydrogen (secondary N) is 1. The monoisotopic (exact) mass is 286 g/mol. The van der Waals surface area contributed by atoms with Crippen molar-refractivity contribution in [3.05, 3.63) is 30.6 Å². The number of carbonyl (C=O) groups excluding carboxylic acids is 1. The van der Waals surface area contributed by atoms with Crippen molar-refractivity contribution in [3.8, 4) is 11.4 Å². The van der Waals surface area contributed by atoms with E-state index in [-0.39, 0.29) is 5.91 Å². The first-order valence-corrected chi connectivity index (χ1v) is 6.54. The molecule has 3 rings (SSSR count). The molecule has 7 nitrogen and oxygen atoms in total. The molecule has 1 aromatic carbocycles. The van der Waals surface area contributed by atoms with Crippen molar-refractivity contribution in [2.24, 2.45) is 18.9 Å². The maximum absolute atomic E-state index is 11.9. The number of hydrogen-bond donors (Lipinski definition) is 2. The minimum absolute atomic E-state index is 0.242. The lowest BCUT2D eigenvalue weighted by molar-refractivity contribution is -0.139. The van der Waals surface area contributed by atoms with Gasteiger partial charge in [-0.25, -0.2) is 0 Å². The molecular weight excluding hydrogens is 272 g/mol. The van der Waals surface area contributed by atoms with E-state index in [4.69, 9.17) is 5.11 Å². The van der Waals surface area contributed by atoms with Gasteiger partial charge in [-0.2, -0.15) is 0 Å². The maximum atomic E-state index is 11.9. The molecule has 21 heavy (non-hydrogen) atoms. The summed E-state index contributed by atoms with van der Waals surface area (Å²) in [4.78, 5) is 22.6. The standard InChI is InChI=1S/C14H14N4O3/c1-18-7-15-17-12(18)8-2-4-9(5-3-8)16-13(19)10-6-11(10)14(20)21/h2-5,7,10-11H,6H2,1H3,(H,16,19)(H,20,21)/t10-,11+/m1/s1. The van der Waals surface area contributed by atoms with Gasteiger partial charge >= 0.3 is 5.97 Å². The highest BCUT2D eigenvalue weighted by Gasteiger charge is 2.48. The number of aromatic nitrogens is 3. The molecule has 2 atom stereocenters. The lowest BCUT2D eigenvalue weighted by Crippen LogP contribution is -2.16. The van der Waals surface area contributed by atoms with Gasteiger partial charge in [-0.1, -0.05) is 0 Å². The van der Waals surface area contributed by atoms with E-state index in [1.54, 1.807) is 23.0 Å². The van der Waals surface area contributed by atoms with Crippen LogP contribution in [0.25, 0.3) is 11.4 Å². The van der Waals surface area contributed by atoms with Crippen molar-refractivity contribution in [1.82, 2.24) is 14.8 Å². The smallest absolute Gasteiger partial charge is 0.307 e. The molecule has 1 amide bonds. The molecule has 2 N–H and O–H groups in total. The molecule has 2 aromatic rings. The Morgan fingerprint density at radius 3 is 2.52 bits per heavy atom. The van der Waals surface area contributed by atoms with Crippen molar-refractivity contribution >= 4 is 17.6 Å². The summed E-state index contributed by atoms with van der Waals surface area (Å²) in [6.07, 6.45) is 2.03. The van der Waals surface area contributed by atoms with Crippen molar-refractivity contribution in [3.63, 3.8) is 0 Å². The van der Waals surface area contributed by atoms with Crippen LogP contribution in [0.2, 0.25) is 0 Å². The molecule has 7 heteroatoms. The average molecular weight is 286 g/mol. The number of carbonyl (C=O) groups is 2. The second kappa shape index (κ2) is 5.01. The Kier molecular flexibility index (Phi) is 3.17. The summed E-state index contributed by atoms with van der Waals surface area (Å²) in [6, 6.07) is 7.20. The number of anilines is 1. The third-order valence-electron chi connectivity index (χ3n) is 3.57. The molecule has 1 heterocycles. The number of amides is 1. The van der Waals surface area contributed by atoms with Crippen LogP contribution in [0.3, 0.4) is 0 Å². The Balaban J connectivity index is 1.67. The van der Waals surface area contributed by atoms with E-state index in [0.717, 1.165) is 11.4 Å². The lowest BCUT2D eigenvalue weighted by atomic mass is 10.2. The summed E-state index contributed by atoms with van der Waals surface area (Å²) in [7, 11) is 1.85. The molecule has 1 aliphatic rings. The van der Waals surface area contributed by atoms with Gasteiger partial charge in [0.25, 0.3) is 0 Å². The number of benzene rings is 1. The zero-order chi connectivity index (χ0) is 15.0. The fraction of sp³-hybridized carbons (Fsp3) is 0.286. The van der Waals surface area contributed by atoms with Crippen LogP contribution in [0.15, 0.2) is 30.6 Å². The number of aryl methyl sites for hydroxylation is 1. The van der Waals surface area contributed by atoms with Gasteiger partial charge in [0.1, 0.15) is 6.33 Å². The van der Waals surface area contributed by atoms with E-state index in [1.165, 1.54) is 0 Å². The molecular formula is C14H14N4O3. The molecule has 0 bridgehead atoms. The predicted octanol–water partition coefficient (Wildman–Crippen LogP) is 1.14. The SMILES string of the molecule is Cn1cnnc1-c1ccc(NC(=O)[C@@H]2C[C@@H]2C(=O)O)cc1.